The van der Waals surface area contributed by atoms with Crippen molar-refractivity contribution >= 4 is 15.8 Å². The van der Waals surface area contributed by atoms with Crippen LogP contribution < -0.4 is 5.14 Å². The largest absolute Gasteiger partial charge is 0.294 e. The highest BCUT2D eigenvalue weighted by molar-refractivity contribution is 7.89. The number of ketones is 1. The highest BCUT2D eigenvalue weighted by atomic mass is 32.2. The molecule has 1 rings (SSSR count). The summed E-state index contributed by atoms with van der Waals surface area (Å²) in [7, 11) is -3.76. The third-order valence-electron chi connectivity index (χ3n) is 2.40. The topological polar surface area (TPSA) is 77.2 Å². The smallest absolute Gasteiger partial charge is 0.238 e. The van der Waals surface area contributed by atoms with Crippen LogP contribution in [-0.4, -0.2) is 14.2 Å². The maximum atomic E-state index is 11.5. The Kier molecular flexibility index (Phi) is 3.83. The van der Waals surface area contributed by atoms with E-state index in [1.807, 2.05) is 6.92 Å². The lowest BCUT2D eigenvalue weighted by atomic mass is 10.1. The molecule has 2 N–H and O–H groups in total. The minimum absolute atomic E-state index is 0.0503. The third-order valence-corrected chi connectivity index (χ3v) is 3.39. The molecule has 5 heteroatoms. The highest BCUT2D eigenvalue weighted by Gasteiger charge is 2.15. The van der Waals surface area contributed by atoms with E-state index in [-0.39, 0.29) is 10.7 Å². The average molecular weight is 241 g/mol. The number of rotatable bonds is 4. The monoisotopic (exact) mass is 241 g/mol. The van der Waals surface area contributed by atoms with Gasteiger partial charge in [0.15, 0.2) is 5.78 Å². The number of nitrogens with two attached hydrogens (primary N) is 1. The lowest BCUT2D eigenvalue weighted by Crippen LogP contribution is -2.15. The predicted molar refractivity (Wildman–Crippen MR) is 61.8 cm³/mol. The van der Waals surface area contributed by atoms with Crippen molar-refractivity contribution in [1.82, 2.24) is 0 Å². The van der Waals surface area contributed by atoms with Gasteiger partial charge in [-0.05, 0) is 18.1 Å². The van der Waals surface area contributed by atoms with Gasteiger partial charge in [-0.3, -0.25) is 4.79 Å². The Hall–Kier alpha value is -1.20. The number of sulfonamides is 1. The fraction of sp³-hybridized carbons (Fsp3) is 0.364. The number of carbonyl (C=O) groups is 1. The van der Waals surface area contributed by atoms with Crippen LogP contribution in [0.5, 0.6) is 0 Å². The van der Waals surface area contributed by atoms with E-state index in [1.54, 1.807) is 19.1 Å². The SMILES string of the molecule is CCC(=O)c1ccc(CC)c(S(N)(=O)=O)c1. The summed E-state index contributed by atoms with van der Waals surface area (Å²) in [6.07, 6.45) is 0.905. The lowest BCUT2D eigenvalue weighted by Gasteiger charge is -2.07. The van der Waals surface area contributed by atoms with Crippen LogP contribution in [0.2, 0.25) is 0 Å². The Labute approximate surface area is 95.5 Å². The standard InChI is InChI=1S/C11H15NO3S/c1-3-8-5-6-9(10(13)4-2)7-11(8)16(12,14)15/h5-7H,3-4H2,1-2H3,(H2,12,14,15). The molecule has 0 aliphatic rings. The molecule has 0 fully saturated rings. The first-order chi connectivity index (χ1) is 7.40. The molecule has 0 radical (unpaired) electrons. The zero-order chi connectivity index (χ0) is 12.3. The van der Waals surface area contributed by atoms with E-state index in [1.165, 1.54) is 6.07 Å². The Bertz CT molecular complexity index is 506. The third kappa shape index (κ3) is 2.68. The predicted octanol–water partition coefficient (Wildman–Crippen LogP) is 1.49. The average Bonchev–Trinajstić information content (AvgIpc) is 2.26. The number of carbonyl (C=O) groups excluding carboxylic acids is 1. The summed E-state index contributed by atoms with van der Waals surface area (Å²) in [5.41, 5.74) is 1.03. The van der Waals surface area contributed by atoms with Crippen molar-refractivity contribution in [3.8, 4) is 0 Å². The van der Waals surface area contributed by atoms with Crippen LogP contribution in [0, 0.1) is 0 Å². The van der Waals surface area contributed by atoms with Crippen LogP contribution in [-0.2, 0) is 16.4 Å². The van der Waals surface area contributed by atoms with Gasteiger partial charge in [-0.15, -0.1) is 0 Å². The van der Waals surface area contributed by atoms with Gasteiger partial charge in [0, 0.05) is 12.0 Å². The minimum Gasteiger partial charge on any atom is -0.294 e. The van der Waals surface area contributed by atoms with Crippen molar-refractivity contribution < 1.29 is 13.2 Å². The van der Waals surface area contributed by atoms with Crippen molar-refractivity contribution in [2.45, 2.75) is 31.6 Å². The summed E-state index contributed by atoms with van der Waals surface area (Å²) >= 11 is 0. The summed E-state index contributed by atoms with van der Waals surface area (Å²) in [4.78, 5) is 11.5. The molecule has 0 aliphatic heterocycles. The van der Waals surface area contributed by atoms with Gasteiger partial charge in [-0.1, -0.05) is 26.0 Å². The minimum atomic E-state index is -3.76. The van der Waals surface area contributed by atoms with Gasteiger partial charge in [0.1, 0.15) is 0 Å². The van der Waals surface area contributed by atoms with Gasteiger partial charge in [0.2, 0.25) is 10.0 Å². The molecule has 1 aromatic rings. The van der Waals surface area contributed by atoms with E-state index in [0.29, 0.717) is 24.0 Å². The Morgan fingerprint density at radius 3 is 2.38 bits per heavy atom. The van der Waals surface area contributed by atoms with Gasteiger partial charge in [-0.2, -0.15) is 0 Å². The molecule has 0 unspecified atom stereocenters. The summed E-state index contributed by atoms with van der Waals surface area (Å²) in [6, 6.07) is 4.64. The number of aryl methyl sites for hydroxylation is 1. The maximum Gasteiger partial charge on any atom is 0.238 e. The molecule has 1 aromatic carbocycles. The molecule has 0 amide bonds. The Morgan fingerprint density at radius 1 is 1.31 bits per heavy atom. The van der Waals surface area contributed by atoms with E-state index in [4.69, 9.17) is 5.14 Å². The van der Waals surface area contributed by atoms with Crippen molar-refractivity contribution in [2.75, 3.05) is 0 Å². The van der Waals surface area contributed by atoms with E-state index < -0.39 is 10.0 Å². The van der Waals surface area contributed by atoms with E-state index >= 15 is 0 Å². The number of Topliss-reactive ketones (excluding diaryl/α,β-unsaturated/α-hetero) is 1. The van der Waals surface area contributed by atoms with Crippen LogP contribution in [0.4, 0.5) is 0 Å². The van der Waals surface area contributed by atoms with Crippen molar-refractivity contribution in [2.24, 2.45) is 5.14 Å². The first kappa shape index (κ1) is 12.9. The summed E-state index contributed by atoms with van der Waals surface area (Å²) in [6.45, 7) is 3.57. The molecule has 0 saturated heterocycles. The Morgan fingerprint density at radius 2 is 1.94 bits per heavy atom. The number of benzene rings is 1. The zero-order valence-electron chi connectivity index (χ0n) is 9.36. The maximum absolute atomic E-state index is 11.5. The van der Waals surface area contributed by atoms with Gasteiger partial charge in [0.05, 0.1) is 4.90 Å². The van der Waals surface area contributed by atoms with Gasteiger partial charge >= 0.3 is 0 Å². The van der Waals surface area contributed by atoms with Gasteiger partial charge in [-0.25, -0.2) is 13.6 Å². The van der Waals surface area contributed by atoms with E-state index in [0.717, 1.165) is 0 Å². The molecule has 4 nitrogen and oxygen atoms in total. The fourth-order valence-corrected chi connectivity index (χ4v) is 2.36. The number of hydrogen-bond donors (Lipinski definition) is 1. The summed E-state index contributed by atoms with van der Waals surface area (Å²) in [5, 5.41) is 5.10. The van der Waals surface area contributed by atoms with E-state index in [9.17, 15) is 13.2 Å². The first-order valence-electron chi connectivity index (χ1n) is 5.09. The molecule has 0 aromatic heterocycles. The lowest BCUT2D eigenvalue weighted by molar-refractivity contribution is 0.0988. The molecule has 0 atom stereocenters. The first-order valence-corrected chi connectivity index (χ1v) is 6.63. The molecular formula is C11H15NO3S. The molecule has 0 aliphatic carbocycles. The molecular weight excluding hydrogens is 226 g/mol. The fourth-order valence-electron chi connectivity index (χ4n) is 1.49. The normalized spacial score (nSPS) is 11.4. The van der Waals surface area contributed by atoms with Crippen molar-refractivity contribution in [3.63, 3.8) is 0 Å². The van der Waals surface area contributed by atoms with Crippen LogP contribution in [0.15, 0.2) is 23.1 Å². The molecule has 0 bridgehead atoms. The number of hydrogen-bond acceptors (Lipinski definition) is 3. The highest BCUT2D eigenvalue weighted by Crippen LogP contribution is 2.18. The van der Waals surface area contributed by atoms with Gasteiger partial charge < -0.3 is 0 Å². The van der Waals surface area contributed by atoms with Crippen molar-refractivity contribution in [1.29, 1.82) is 0 Å². The second kappa shape index (κ2) is 4.76. The summed E-state index contributed by atoms with van der Waals surface area (Å²) in [5.74, 6) is -0.0902. The van der Waals surface area contributed by atoms with Crippen LogP contribution in [0.1, 0.15) is 36.2 Å². The molecule has 16 heavy (non-hydrogen) atoms. The second-order valence-corrected chi connectivity index (χ2v) is 5.03. The van der Waals surface area contributed by atoms with Gasteiger partial charge in [0.25, 0.3) is 0 Å². The second-order valence-electron chi connectivity index (χ2n) is 3.50. The number of primary sulfonamides is 1. The van der Waals surface area contributed by atoms with Crippen LogP contribution >= 0.6 is 0 Å². The summed E-state index contributed by atoms with van der Waals surface area (Å²) < 4.78 is 22.7. The van der Waals surface area contributed by atoms with Crippen molar-refractivity contribution in [3.05, 3.63) is 29.3 Å². The van der Waals surface area contributed by atoms with Crippen LogP contribution in [0.3, 0.4) is 0 Å². The van der Waals surface area contributed by atoms with E-state index in [2.05, 4.69) is 0 Å². The molecule has 0 saturated carbocycles. The quantitative estimate of drug-likeness (QED) is 0.811. The molecule has 88 valence electrons. The Balaban J connectivity index is 3.39. The molecule has 0 spiro atoms. The zero-order valence-corrected chi connectivity index (χ0v) is 10.2. The van der Waals surface area contributed by atoms with Crippen LogP contribution in [0.25, 0.3) is 0 Å². The molecule has 0 heterocycles.